The molecule has 1 aromatic carbocycles. The lowest BCUT2D eigenvalue weighted by atomic mass is 10.2. The van der Waals surface area contributed by atoms with Crippen molar-refractivity contribution < 1.29 is 14.3 Å². The fourth-order valence-electron chi connectivity index (χ4n) is 1.70. The molecule has 0 fully saturated rings. The molecule has 2 N–H and O–H groups in total. The van der Waals surface area contributed by atoms with Crippen LogP contribution >= 0.6 is 11.6 Å². The van der Waals surface area contributed by atoms with Gasteiger partial charge in [-0.2, -0.15) is 0 Å². The number of carbonyl (C=O) groups is 1. The molecule has 0 bridgehead atoms. The molecule has 6 heteroatoms. The predicted octanol–water partition coefficient (Wildman–Crippen LogP) is 1.97. The van der Waals surface area contributed by atoms with Crippen LogP contribution in [0.1, 0.15) is 18.9 Å². The van der Waals surface area contributed by atoms with Crippen molar-refractivity contribution >= 4 is 17.5 Å². The maximum absolute atomic E-state index is 11.2. The van der Waals surface area contributed by atoms with E-state index in [9.17, 15) is 4.79 Å². The number of hydrogen-bond acceptors (Lipinski definition) is 4. The smallest absolute Gasteiger partial charge is 0.223 e. The first-order chi connectivity index (χ1) is 9.62. The Morgan fingerprint density at radius 2 is 2.15 bits per heavy atom. The molecule has 0 saturated heterocycles. The SMILES string of the molecule is CCNCc1cc(Cl)cc(OC)c1OCCC(=O)NC. The van der Waals surface area contributed by atoms with E-state index in [1.807, 2.05) is 13.0 Å². The lowest BCUT2D eigenvalue weighted by Crippen LogP contribution is -2.20. The third-order valence-corrected chi connectivity index (χ3v) is 2.95. The number of amides is 1. The van der Waals surface area contributed by atoms with Crippen molar-refractivity contribution in [2.75, 3.05) is 27.3 Å². The van der Waals surface area contributed by atoms with Gasteiger partial charge in [0.05, 0.1) is 20.1 Å². The zero-order valence-electron chi connectivity index (χ0n) is 12.1. The molecular formula is C14H21ClN2O3. The molecular weight excluding hydrogens is 280 g/mol. The third-order valence-electron chi connectivity index (χ3n) is 2.74. The molecule has 0 aliphatic heterocycles. The Balaban J connectivity index is 2.86. The largest absolute Gasteiger partial charge is 0.493 e. The van der Waals surface area contributed by atoms with E-state index >= 15 is 0 Å². The Labute approximate surface area is 124 Å². The van der Waals surface area contributed by atoms with Gasteiger partial charge in [0.15, 0.2) is 11.5 Å². The second-order valence-corrected chi connectivity index (χ2v) is 4.58. The predicted molar refractivity (Wildman–Crippen MR) is 79.6 cm³/mol. The van der Waals surface area contributed by atoms with E-state index in [4.69, 9.17) is 21.1 Å². The zero-order chi connectivity index (χ0) is 15.0. The average molecular weight is 301 g/mol. The summed E-state index contributed by atoms with van der Waals surface area (Å²) in [7, 11) is 3.16. The molecule has 0 spiro atoms. The van der Waals surface area contributed by atoms with Gasteiger partial charge in [0.25, 0.3) is 0 Å². The van der Waals surface area contributed by atoms with Crippen LogP contribution in [-0.4, -0.2) is 33.2 Å². The zero-order valence-corrected chi connectivity index (χ0v) is 12.8. The van der Waals surface area contributed by atoms with Gasteiger partial charge >= 0.3 is 0 Å². The Hall–Kier alpha value is -1.46. The highest BCUT2D eigenvalue weighted by Crippen LogP contribution is 2.34. The van der Waals surface area contributed by atoms with Crippen molar-refractivity contribution in [3.8, 4) is 11.5 Å². The molecule has 5 nitrogen and oxygen atoms in total. The number of methoxy groups -OCH3 is 1. The average Bonchev–Trinajstić information content (AvgIpc) is 2.45. The second-order valence-electron chi connectivity index (χ2n) is 4.15. The highest BCUT2D eigenvalue weighted by molar-refractivity contribution is 6.30. The molecule has 1 amide bonds. The summed E-state index contributed by atoms with van der Waals surface area (Å²) < 4.78 is 11.0. The fraction of sp³-hybridized carbons (Fsp3) is 0.500. The quantitative estimate of drug-likeness (QED) is 0.771. The fourth-order valence-corrected chi connectivity index (χ4v) is 1.93. The van der Waals surface area contributed by atoms with E-state index in [1.54, 1.807) is 20.2 Å². The standard InChI is InChI=1S/C14H21ClN2O3/c1-4-17-9-10-7-11(15)8-12(19-3)14(10)20-6-5-13(18)16-2/h7-8,17H,4-6,9H2,1-3H3,(H,16,18). The van der Waals surface area contributed by atoms with Crippen LogP contribution in [0.15, 0.2) is 12.1 Å². The molecule has 0 heterocycles. The molecule has 0 aromatic heterocycles. The number of nitrogens with one attached hydrogen (secondary N) is 2. The van der Waals surface area contributed by atoms with E-state index in [1.165, 1.54) is 0 Å². The van der Waals surface area contributed by atoms with Crippen molar-refractivity contribution in [3.63, 3.8) is 0 Å². The summed E-state index contributed by atoms with van der Waals surface area (Å²) >= 11 is 6.06. The van der Waals surface area contributed by atoms with Crippen molar-refractivity contribution in [1.82, 2.24) is 10.6 Å². The van der Waals surface area contributed by atoms with Gasteiger partial charge in [-0.25, -0.2) is 0 Å². The number of rotatable bonds is 8. The molecule has 0 radical (unpaired) electrons. The molecule has 0 aliphatic carbocycles. The van der Waals surface area contributed by atoms with Crippen LogP contribution in [0, 0.1) is 0 Å². The van der Waals surface area contributed by atoms with E-state index < -0.39 is 0 Å². The van der Waals surface area contributed by atoms with Crippen molar-refractivity contribution in [2.24, 2.45) is 0 Å². The highest BCUT2D eigenvalue weighted by Gasteiger charge is 2.13. The minimum absolute atomic E-state index is 0.0637. The van der Waals surface area contributed by atoms with E-state index in [2.05, 4.69) is 10.6 Å². The van der Waals surface area contributed by atoms with E-state index in [0.29, 0.717) is 29.5 Å². The molecule has 0 aliphatic rings. The summed E-state index contributed by atoms with van der Waals surface area (Å²) in [4.78, 5) is 11.2. The number of benzene rings is 1. The van der Waals surface area contributed by atoms with Gasteiger partial charge in [-0.15, -0.1) is 0 Å². The third kappa shape index (κ3) is 4.90. The van der Waals surface area contributed by atoms with Crippen LogP contribution in [0.4, 0.5) is 0 Å². The van der Waals surface area contributed by atoms with Gasteiger partial charge < -0.3 is 20.1 Å². The van der Waals surface area contributed by atoms with Crippen LogP contribution in [0.25, 0.3) is 0 Å². The summed E-state index contributed by atoms with van der Waals surface area (Å²) in [5, 5.41) is 6.37. The van der Waals surface area contributed by atoms with Crippen LogP contribution in [0.5, 0.6) is 11.5 Å². The number of carbonyl (C=O) groups excluding carboxylic acids is 1. The first-order valence-corrected chi connectivity index (χ1v) is 6.90. The molecule has 1 rings (SSSR count). The molecule has 0 unspecified atom stereocenters. The molecule has 0 atom stereocenters. The van der Waals surface area contributed by atoms with Gasteiger partial charge in [-0.05, 0) is 12.6 Å². The highest BCUT2D eigenvalue weighted by atomic mass is 35.5. The maximum Gasteiger partial charge on any atom is 0.223 e. The number of hydrogen-bond donors (Lipinski definition) is 2. The topological polar surface area (TPSA) is 59.6 Å². The van der Waals surface area contributed by atoms with Gasteiger partial charge in [0.2, 0.25) is 5.91 Å². The molecule has 112 valence electrons. The van der Waals surface area contributed by atoms with Gasteiger partial charge in [0, 0.05) is 30.2 Å². The summed E-state index contributed by atoms with van der Waals surface area (Å²) in [6, 6.07) is 3.54. The second kappa shape index (κ2) is 8.66. The van der Waals surface area contributed by atoms with Crippen LogP contribution in [-0.2, 0) is 11.3 Å². The van der Waals surface area contributed by atoms with Gasteiger partial charge in [-0.1, -0.05) is 18.5 Å². The summed E-state index contributed by atoms with van der Waals surface area (Å²) in [6.45, 7) is 3.78. The van der Waals surface area contributed by atoms with Crippen LogP contribution < -0.4 is 20.1 Å². The van der Waals surface area contributed by atoms with Crippen molar-refractivity contribution in [1.29, 1.82) is 0 Å². The van der Waals surface area contributed by atoms with Crippen LogP contribution in [0.2, 0.25) is 5.02 Å². The Bertz CT molecular complexity index is 452. The first kappa shape index (κ1) is 16.6. The summed E-state index contributed by atoms with van der Waals surface area (Å²) in [6.07, 6.45) is 0.295. The Morgan fingerprint density at radius 3 is 2.75 bits per heavy atom. The van der Waals surface area contributed by atoms with Crippen molar-refractivity contribution in [3.05, 3.63) is 22.7 Å². The summed E-state index contributed by atoms with van der Waals surface area (Å²) in [5.41, 5.74) is 0.910. The Morgan fingerprint density at radius 1 is 1.40 bits per heavy atom. The lowest BCUT2D eigenvalue weighted by Gasteiger charge is -2.16. The van der Waals surface area contributed by atoms with Gasteiger partial charge in [-0.3, -0.25) is 4.79 Å². The van der Waals surface area contributed by atoms with Crippen molar-refractivity contribution in [2.45, 2.75) is 19.9 Å². The maximum atomic E-state index is 11.2. The first-order valence-electron chi connectivity index (χ1n) is 6.52. The van der Waals surface area contributed by atoms with E-state index in [0.717, 1.165) is 12.1 Å². The molecule has 1 aromatic rings. The molecule has 0 saturated carbocycles. The number of ether oxygens (including phenoxy) is 2. The van der Waals surface area contributed by atoms with Crippen LogP contribution in [0.3, 0.4) is 0 Å². The van der Waals surface area contributed by atoms with Gasteiger partial charge in [0.1, 0.15) is 0 Å². The lowest BCUT2D eigenvalue weighted by molar-refractivity contribution is -0.121. The minimum Gasteiger partial charge on any atom is -0.493 e. The number of halogens is 1. The Kier molecular flexibility index (Phi) is 7.18. The normalized spacial score (nSPS) is 10.2. The minimum atomic E-state index is -0.0637. The monoisotopic (exact) mass is 300 g/mol. The molecule has 20 heavy (non-hydrogen) atoms. The summed E-state index contributed by atoms with van der Waals surface area (Å²) in [5.74, 6) is 1.13. The van der Waals surface area contributed by atoms with E-state index in [-0.39, 0.29) is 12.5 Å².